The number of carbonyl (C=O) groups is 2. The van der Waals surface area contributed by atoms with Crippen molar-refractivity contribution in [3.63, 3.8) is 0 Å². The van der Waals surface area contributed by atoms with Crippen LogP contribution in [0.4, 0.5) is 0 Å². The second-order valence-electron chi connectivity index (χ2n) is 5.30. The first kappa shape index (κ1) is 12.6. The molecule has 2 atom stereocenters. The van der Waals surface area contributed by atoms with Gasteiger partial charge in [0.05, 0.1) is 12.1 Å². The molecule has 0 aromatic carbocycles. The van der Waals surface area contributed by atoms with Gasteiger partial charge in [0.2, 0.25) is 5.91 Å². The fraction of sp³-hybridized carbons (Fsp3) is 0.846. The van der Waals surface area contributed by atoms with Gasteiger partial charge in [-0.1, -0.05) is 19.3 Å². The van der Waals surface area contributed by atoms with Gasteiger partial charge in [-0.05, 0) is 31.6 Å². The number of nitrogens with two attached hydrogens (primary N) is 1. The van der Waals surface area contributed by atoms with Crippen molar-refractivity contribution >= 4 is 12.2 Å². The summed E-state index contributed by atoms with van der Waals surface area (Å²) in [5, 5.41) is 0. The van der Waals surface area contributed by atoms with E-state index < -0.39 is 6.04 Å². The smallest absolute Gasteiger partial charge is 0.240 e. The molecular formula is C13H22N2O2. The van der Waals surface area contributed by atoms with Crippen molar-refractivity contribution in [3.05, 3.63) is 0 Å². The number of hydrogen-bond donors (Lipinski definition) is 1. The number of nitrogens with zero attached hydrogens (tertiary/aromatic N) is 1. The molecule has 0 spiro atoms. The van der Waals surface area contributed by atoms with Crippen molar-refractivity contribution in [2.24, 2.45) is 11.7 Å². The number of amides is 1. The van der Waals surface area contributed by atoms with Crippen LogP contribution in [0, 0.1) is 5.92 Å². The Hall–Kier alpha value is -0.900. The Morgan fingerprint density at radius 3 is 2.53 bits per heavy atom. The molecule has 1 heterocycles. The second kappa shape index (κ2) is 5.63. The number of likely N-dealkylation sites (tertiary alicyclic amines) is 1. The van der Waals surface area contributed by atoms with Crippen LogP contribution in [0.5, 0.6) is 0 Å². The standard InChI is InChI=1S/C13H22N2O2/c14-12(10-5-2-1-3-6-10)13(17)15-8-4-7-11(15)9-16/h9-12H,1-8,14H2/t11-,12?/m0/s1. The second-order valence-corrected chi connectivity index (χ2v) is 5.30. The van der Waals surface area contributed by atoms with Gasteiger partial charge < -0.3 is 15.4 Å². The Balaban J connectivity index is 1.95. The lowest BCUT2D eigenvalue weighted by Crippen LogP contribution is -2.50. The van der Waals surface area contributed by atoms with E-state index in [9.17, 15) is 9.59 Å². The number of rotatable bonds is 3. The Morgan fingerprint density at radius 1 is 1.18 bits per heavy atom. The Labute approximate surface area is 103 Å². The zero-order valence-corrected chi connectivity index (χ0v) is 10.3. The van der Waals surface area contributed by atoms with E-state index in [4.69, 9.17) is 5.73 Å². The van der Waals surface area contributed by atoms with Crippen molar-refractivity contribution in [2.45, 2.75) is 57.0 Å². The van der Waals surface area contributed by atoms with Gasteiger partial charge in [-0.2, -0.15) is 0 Å². The highest BCUT2D eigenvalue weighted by molar-refractivity contribution is 5.85. The topological polar surface area (TPSA) is 63.4 Å². The summed E-state index contributed by atoms with van der Waals surface area (Å²) in [6.45, 7) is 0.697. The molecule has 17 heavy (non-hydrogen) atoms. The molecular weight excluding hydrogens is 216 g/mol. The quantitative estimate of drug-likeness (QED) is 0.748. The predicted octanol–water partition coefficient (Wildman–Crippen LogP) is 1.08. The van der Waals surface area contributed by atoms with Gasteiger partial charge in [0.1, 0.15) is 6.29 Å². The van der Waals surface area contributed by atoms with Crippen LogP contribution in [0.1, 0.15) is 44.9 Å². The fourth-order valence-corrected chi connectivity index (χ4v) is 3.09. The van der Waals surface area contributed by atoms with Gasteiger partial charge in [0, 0.05) is 6.54 Å². The van der Waals surface area contributed by atoms with Crippen LogP contribution in [-0.4, -0.2) is 35.7 Å². The highest BCUT2D eigenvalue weighted by Crippen LogP contribution is 2.27. The average molecular weight is 238 g/mol. The first-order valence-corrected chi connectivity index (χ1v) is 6.75. The van der Waals surface area contributed by atoms with E-state index in [2.05, 4.69) is 0 Å². The highest BCUT2D eigenvalue weighted by Gasteiger charge is 2.34. The molecule has 1 saturated heterocycles. The summed E-state index contributed by atoms with van der Waals surface area (Å²) in [7, 11) is 0. The molecule has 0 radical (unpaired) electrons. The van der Waals surface area contributed by atoms with E-state index in [0.717, 1.165) is 32.0 Å². The molecule has 1 unspecified atom stereocenters. The summed E-state index contributed by atoms with van der Waals surface area (Å²) in [4.78, 5) is 24.8. The minimum absolute atomic E-state index is 0.00787. The fourth-order valence-electron chi connectivity index (χ4n) is 3.09. The van der Waals surface area contributed by atoms with Gasteiger partial charge in [0.15, 0.2) is 0 Å². The maximum absolute atomic E-state index is 12.3. The van der Waals surface area contributed by atoms with Gasteiger partial charge in [-0.25, -0.2) is 0 Å². The summed E-state index contributed by atoms with van der Waals surface area (Å²) >= 11 is 0. The van der Waals surface area contributed by atoms with Gasteiger partial charge in [-0.3, -0.25) is 4.79 Å². The van der Waals surface area contributed by atoms with E-state index in [1.807, 2.05) is 0 Å². The Kier molecular flexibility index (Phi) is 4.15. The third kappa shape index (κ3) is 2.68. The largest absolute Gasteiger partial charge is 0.332 e. The van der Waals surface area contributed by atoms with Crippen molar-refractivity contribution in [3.8, 4) is 0 Å². The maximum atomic E-state index is 12.3. The van der Waals surface area contributed by atoms with E-state index in [-0.39, 0.29) is 11.9 Å². The zero-order valence-electron chi connectivity index (χ0n) is 10.3. The molecule has 0 aromatic heterocycles. The minimum Gasteiger partial charge on any atom is -0.332 e. The molecule has 2 fully saturated rings. The number of aldehydes is 1. The maximum Gasteiger partial charge on any atom is 0.240 e. The van der Waals surface area contributed by atoms with Crippen LogP contribution >= 0.6 is 0 Å². The van der Waals surface area contributed by atoms with Crippen molar-refractivity contribution in [2.75, 3.05) is 6.54 Å². The van der Waals surface area contributed by atoms with Crippen LogP contribution in [0.3, 0.4) is 0 Å². The first-order chi connectivity index (χ1) is 8.24. The minimum atomic E-state index is -0.393. The molecule has 0 bridgehead atoms. The average Bonchev–Trinajstić information content (AvgIpc) is 2.86. The van der Waals surface area contributed by atoms with Gasteiger partial charge in [-0.15, -0.1) is 0 Å². The number of hydrogen-bond acceptors (Lipinski definition) is 3. The van der Waals surface area contributed by atoms with Crippen molar-refractivity contribution < 1.29 is 9.59 Å². The lowest BCUT2D eigenvalue weighted by atomic mass is 9.83. The summed E-state index contributed by atoms with van der Waals surface area (Å²) in [6, 6.07) is -0.618. The van der Waals surface area contributed by atoms with E-state index in [1.54, 1.807) is 4.90 Å². The van der Waals surface area contributed by atoms with Gasteiger partial charge in [0.25, 0.3) is 0 Å². The van der Waals surface area contributed by atoms with Crippen LogP contribution in [0.15, 0.2) is 0 Å². The molecule has 96 valence electrons. The van der Waals surface area contributed by atoms with Crippen LogP contribution in [0.25, 0.3) is 0 Å². The summed E-state index contributed by atoms with van der Waals surface area (Å²) in [5.41, 5.74) is 6.08. The molecule has 1 aliphatic heterocycles. The molecule has 2 rings (SSSR count). The molecule has 1 amide bonds. The summed E-state index contributed by atoms with van der Waals surface area (Å²) in [6.07, 6.45) is 8.36. The lowest BCUT2D eigenvalue weighted by molar-refractivity contribution is -0.137. The van der Waals surface area contributed by atoms with Crippen LogP contribution < -0.4 is 5.73 Å². The van der Waals surface area contributed by atoms with Crippen LogP contribution in [-0.2, 0) is 9.59 Å². The first-order valence-electron chi connectivity index (χ1n) is 6.75. The van der Waals surface area contributed by atoms with E-state index in [1.165, 1.54) is 19.3 Å². The Morgan fingerprint density at radius 2 is 1.88 bits per heavy atom. The Bertz CT molecular complexity index is 287. The molecule has 1 aliphatic carbocycles. The molecule has 0 aromatic rings. The van der Waals surface area contributed by atoms with Crippen LogP contribution in [0.2, 0.25) is 0 Å². The molecule has 4 nitrogen and oxygen atoms in total. The molecule has 4 heteroatoms. The number of carbonyl (C=O) groups excluding carboxylic acids is 2. The third-order valence-electron chi connectivity index (χ3n) is 4.18. The summed E-state index contributed by atoms with van der Waals surface area (Å²) < 4.78 is 0. The third-order valence-corrected chi connectivity index (χ3v) is 4.18. The van der Waals surface area contributed by atoms with Crippen molar-refractivity contribution in [1.82, 2.24) is 4.90 Å². The molecule has 2 aliphatic rings. The molecule has 2 N–H and O–H groups in total. The highest BCUT2D eigenvalue weighted by atomic mass is 16.2. The predicted molar refractivity (Wildman–Crippen MR) is 65.3 cm³/mol. The monoisotopic (exact) mass is 238 g/mol. The SMILES string of the molecule is NC(C(=O)N1CCC[C@H]1C=O)C1CCCCC1. The normalized spacial score (nSPS) is 28.1. The van der Waals surface area contributed by atoms with E-state index in [0.29, 0.717) is 12.5 Å². The van der Waals surface area contributed by atoms with Gasteiger partial charge >= 0.3 is 0 Å². The van der Waals surface area contributed by atoms with E-state index >= 15 is 0 Å². The lowest BCUT2D eigenvalue weighted by Gasteiger charge is -2.31. The summed E-state index contributed by atoms with van der Waals surface area (Å²) in [5.74, 6) is 0.315. The molecule has 1 saturated carbocycles. The van der Waals surface area contributed by atoms with Crippen molar-refractivity contribution in [1.29, 1.82) is 0 Å². The zero-order chi connectivity index (χ0) is 12.3.